The third-order valence-electron chi connectivity index (χ3n) is 5.18. The van der Waals surface area contributed by atoms with Crippen LogP contribution in [0.2, 0.25) is 0 Å². The molecule has 0 fully saturated rings. The minimum absolute atomic E-state index is 0.0177. The number of benzene rings is 3. The summed E-state index contributed by atoms with van der Waals surface area (Å²) in [6.45, 7) is 0.747. The van der Waals surface area contributed by atoms with Crippen molar-refractivity contribution < 1.29 is 27.1 Å². The van der Waals surface area contributed by atoms with Gasteiger partial charge in [0.15, 0.2) is 17.3 Å². The van der Waals surface area contributed by atoms with Crippen LogP contribution in [0.15, 0.2) is 84.0 Å². The third kappa shape index (κ3) is 4.80. The van der Waals surface area contributed by atoms with Crippen LogP contribution >= 0.6 is 0 Å². The summed E-state index contributed by atoms with van der Waals surface area (Å²) in [4.78, 5) is 12.6. The van der Waals surface area contributed by atoms with Crippen molar-refractivity contribution in [3.8, 4) is 17.2 Å². The van der Waals surface area contributed by atoms with Gasteiger partial charge < -0.3 is 14.8 Å². The van der Waals surface area contributed by atoms with Crippen LogP contribution in [0.5, 0.6) is 11.5 Å². The molecule has 5 rings (SSSR count). The molecule has 1 amide bonds. The van der Waals surface area contributed by atoms with Gasteiger partial charge in [-0.2, -0.15) is 5.10 Å². The molecule has 178 valence electrons. The lowest BCUT2D eigenvalue weighted by atomic mass is 10.2. The molecule has 1 aliphatic heterocycles. The van der Waals surface area contributed by atoms with E-state index < -0.39 is 21.7 Å². The molecule has 9 nitrogen and oxygen atoms in total. The number of rotatable bonds is 6. The summed E-state index contributed by atoms with van der Waals surface area (Å²) in [6.07, 6.45) is 3.15. The molecule has 0 atom stereocenters. The van der Waals surface area contributed by atoms with Gasteiger partial charge in [-0.25, -0.2) is 17.5 Å². The fraction of sp³-hybridized carbons (Fsp3) is 0.0833. The van der Waals surface area contributed by atoms with Gasteiger partial charge in [0.25, 0.3) is 15.9 Å². The van der Waals surface area contributed by atoms with E-state index in [0.717, 1.165) is 0 Å². The minimum Gasteiger partial charge on any atom is -0.486 e. The van der Waals surface area contributed by atoms with E-state index in [1.807, 2.05) is 0 Å². The Kier molecular flexibility index (Phi) is 5.83. The Morgan fingerprint density at radius 3 is 2.40 bits per heavy atom. The van der Waals surface area contributed by atoms with Gasteiger partial charge in [-0.3, -0.25) is 9.52 Å². The minimum atomic E-state index is -3.89. The van der Waals surface area contributed by atoms with Crippen LogP contribution in [0.4, 0.5) is 15.8 Å². The maximum absolute atomic E-state index is 14.4. The Morgan fingerprint density at radius 1 is 0.943 bits per heavy atom. The molecule has 0 saturated carbocycles. The van der Waals surface area contributed by atoms with Gasteiger partial charge in [0.2, 0.25) is 0 Å². The predicted molar refractivity (Wildman–Crippen MR) is 126 cm³/mol. The molecular weight excluding hydrogens is 475 g/mol. The molecular formula is C24H19FN4O5S. The molecule has 11 heteroatoms. The van der Waals surface area contributed by atoms with Crippen molar-refractivity contribution >= 4 is 27.3 Å². The first-order valence-electron chi connectivity index (χ1n) is 10.5. The fourth-order valence-electron chi connectivity index (χ4n) is 3.48. The highest BCUT2D eigenvalue weighted by Gasteiger charge is 2.20. The Morgan fingerprint density at radius 2 is 1.69 bits per heavy atom. The first-order chi connectivity index (χ1) is 16.9. The van der Waals surface area contributed by atoms with Gasteiger partial charge in [-0.15, -0.1) is 0 Å². The van der Waals surface area contributed by atoms with Crippen LogP contribution in [0.3, 0.4) is 0 Å². The highest BCUT2D eigenvalue weighted by molar-refractivity contribution is 7.92. The lowest BCUT2D eigenvalue weighted by molar-refractivity contribution is 0.102. The lowest BCUT2D eigenvalue weighted by Crippen LogP contribution is -2.17. The molecule has 0 radical (unpaired) electrons. The molecule has 0 unspecified atom stereocenters. The molecule has 2 N–H and O–H groups in total. The third-order valence-corrected chi connectivity index (χ3v) is 6.56. The van der Waals surface area contributed by atoms with Crippen molar-refractivity contribution in [2.24, 2.45) is 0 Å². The number of nitrogens with zero attached hydrogens (tertiary/aromatic N) is 2. The van der Waals surface area contributed by atoms with Gasteiger partial charge in [-0.1, -0.05) is 0 Å². The maximum Gasteiger partial charge on any atom is 0.262 e. The molecule has 1 aliphatic rings. The molecule has 35 heavy (non-hydrogen) atoms. The number of halogens is 1. The van der Waals surface area contributed by atoms with E-state index in [0.29, 0.717) is 24.7 Å². The van der Waals surface area contributed by atoms with Gasteiger partial charge in [0.1, 0.15) is 18.9 Å². The number of hydrogen-bond donors (Lipinski definition) is 2. The first kappa shape index (κ1) is 22.4. The number of aromatic nitrogens is 2. The normalized spacial score (nSPS) is 12.7. The average molecular weight is 495 g/mol. The quantitative estimate of drug-likeness (QED) is 0.421. The zero-order valence-electron chi connectivity index (χ0n) is 18.1. The van der Waals surface area contributed by atoms with Crippen LogP contribution in [0.25, 0.3) is 5.69 Å². The molecule has 3 aromatic carbocycles. The van der Waals surface area contributed by atoms with Crippen molar-refractivity contribution in [2.45, 2.75) is 4.90 Å². The summed E-state index contributed by atoms with van der Waals surface area (Å²) < 4.78 is 54.7. The topological polar surface area (TPSA) is 112 Å². The van der Waals surface area contributed by atoms with Crippen molar-refractivity contribution in [2.75, 3.05) is 23.3 Å². The molecule has 0 spiro atoms. The van der Waals surface area contributed by atoms with E-state index in [9.17, 15) is 17.6 Å². The standard InChI is InChI=1S/C24H19FN4O5S/c25-20-14-18(6-8-21(20)29-11-1-10-26-29)27-24(30)16-2-4-17(5-3-16)28-35(31,32)19-7-9-22-23(15-19)34-13-12-33-22/h1-11,14-15,28H,12-13H2,(H,27,30). The maximum atomic E-state index is 14.4. The van der Waals surface area contributed by atoms with Gasteiger partial charge in [-0.05, 0) is 60.7 Å². The lowest BCUT2D eigenvalue weighted by Gasteiger charge is -2.19. The van der Waals surface area contributed by atoms with Gasteiger partial charge in [0.05, 0.1) is 4.90 Å². The van der Waals surface area contributed by atoms with E-state index in [1.165, 1.54) is 59.4 Å². The molecule has 2 heterocycles. The van der Waals surface area contributed by atoms with Crippen LogP contribution in [-0.4, -0.2) is 37.3 Å². The van der Waals surface area contributed by atoms with Gasteiger partial charge in [0, 0.05) is 35.4 Å². The Labute approximate surface area is 200 Å². The van der Waals surface area contributed by atoms with Gasteiger partial charge >= 0.3 is 0 Å². The second kappa shape index (κ2) is 9.11. The largest absolute Gasteiger partial charge is 0.486 e. The number of sulfonamides is 1. The molecule has 0 saturated heterocycles. The van der Waals surface area contributed by atoms with E-state index in [2.05, 4.69) is 15.1 Å². The van der Waals surface area contributed by atoms with Crippen molar-refractivity contribution in [3.05, 3.63) is 90.5 Å². The first-order valence-corrected chi connectivity index (χ1v) is 12.0. The number of nitrogens with one attached hydrogen (secondary N) is 2. The highest BCUT2D eigenvalue weighted by Crippen LogP contribution is 2.32. The average Bonchev–Trinajstić information content (AvgIpc) is 3.39. The van der Waals surface area contributed by atoms with E-state index in [-0.39, 0.29) is 27.5 Å². The predicted octanol–water partition coefficient (Wildman–Crippen LogP) is 3.84. The number of hydrogen-bond acceptors (Lipinski definition) is 6. The van der Waals surface area contributed by atoms with Crippen molar-refractivity contribution in [1.82, 2.24) is 9.78 Å². The summed E-state index contributed by atoms with van der Waals surface area (Å²) in [7, 11) is -3.89. The number of fused-ring (bicyclic) bond motifs is 1. The van der Waals surface area contributed by atoms with Crippen LogP contribution in [0, 0.1) is 5.82 Å². The smallest absolute Gasteiger partial charge is 0.262 e. The summed E-state index contributed by atoms with van der Waals surface area (Å²) in [5.41, 5.74) is 1.06. The summed E-state index contributed by atoms with van der Waals surface area (Å²) in [5.74, 6) is -0.172. The zero-order valence-corrected chi connectivity index (χ0v) is 19.0. The Hall–Kier alpha value is -4.38. The highest BCUT2D eigenvalue weighted by atomic mass is 32.2. The van der Waals surface area contributed by atoms with Crippen molar-refractivity contribution in [1.29, 1.82) is 0 Å². The number of anilines is 2. The van der Waals surface area contributed by atoms with Crippen LogP contribution < -0.4 is 19.5 Å². The summed E-state index contributed by atoms with van der Waals surface area (Å²) in [6, 6.07) is 16.2. The molecule has 0 bridgehead atoms. The van der Waals surface area contributed by atoms with Crippen LogP contribution in [-0.2, 0) is 10.0 Å². The Balaban J connectivity index is 1.26. The summed E-state index contributed by atoms with van der Waals surface area (Å²) >= 11 is 0. The number of ether oxygens (including phenoxy) is 2. The Bertz CT molecular complexity index is 1490. The second-order valence-electron chi connectivity index (χ2n) is 7.56. The fourth-order valence-corrected chi connectivity index (χ4v) is 4.55. The monoisotopic (exact) mass is 494 g/mol. The molecule has 1 aromatic heterocycles. The van der Waals surface area contributed by atoms with E-state index >= 15 is 0 Å². The van der Waals surface area contributed by atoms with E-state index in [4.69, 9.17) is 9.47 Å². The second-order valence-corrected chi connectivity index (χ2v) is 9.24. The molecule has 4 aromatic rings. The number of carbonyl (C=O) groups is 1. The SMILES string of the molecule is O=C(Nc1ccc(-n2cccn2)c(F)c1)c1ccc(NS(=O)(=O)c2ccc3c(c2)OCCO3)cc1. The molecule has 0 aliphatic carbocycles. The number of amides is 1. The van der Waals surface area contributed by atoms with E-state index in [1.54, 1.807) is 24.4 Å². The summed E-state index contributed by atoms with van der Waals surface area (Å²) in [5, 5.41) is 6.61. The van der Waals surface area contributed by atoms with Crippen molar-refractivity contribution in [3.63, 3.8) is 0 Å². The zero-order chi connectivity index (χ0) is 24.4. The van der Waals surface area contributed by atoms with Crippen LogP contribution in [0.1, 0.15) is 10.4 Å². The number of carbonyl (C=O) groups excluding carboxylic acids is 1.